The zero-order valence-corrected chi connectivity index (χ0v) is 13.9. The topological polar surface area (TPSA) is 63.6 Å². The summed E-state index contributed by atoms with van der Waals surface area (Å²) in [5, 5.41) is 8.83. The van der Waals surface area contributed by atoms with E-state index in [1.165, 1.54) is 0 Å². The molecule has 0 aliphatic heterocycles. The van der Waals surface area contributed by atoms with Crippen molar-refractivity contribution in [1.82, 2.24) is 0 Å². The van der Waals surface area contributed by atoms with E-state index in [1.807, 2.05) is 60.7 Å². The third-order valence-corrected chi connectivity index (χ3v) is 4.16. The fourth-order valence-corrected chi connectivity index (χ4v) is 2.73. The first kappa shape index (κ1) is 17.7. The molecule has 0 fully saturated rings. The van der Waals surface area contributed by atoms with Crippen LogP contribution in [0.2, 0.25) is 0 Å². The van der Waals surface area contributed by atoms with Crippen LogP contribution in [0.1, 0.15) is 25.0 Å². The summed E-state index contributed by atoms with van der Waals surface area (Å²) < 4.78 is 5.27. The normalized spacial score (nSPS) is 11.3. The minimum Gasteiger partial charge on any atom is -0.473 e. The first-order chi connectivity index (χ1) is 11.4. The maximum absolute atomic E-state index is 11.5. The molecule has 0 saturated heterocycles. The summed E-state index contributed by atoms with van der Waals surface area (Å²) in [4.78, 5) is 22.4. The number of aliphatic carboxylic acids is 1. The quantitative estimate of drug-likeness (QED) is 0.652. The lowest BCUT2D eigenvalue weighted by Gasteiger charge is -2.34. The van der Waals surface area contributed by atoms with Crippen LogP contribution < -0.4 is 0 Å². The van der Waals surface area contributed by atoms with Gasteiger partial charge in [0.25, 0.3) is 0 Å². The summed E-state index contributed by atoms with van der Waals surface area (Å²) in [5.41, 5.74) is 1.34. The molecule has 0 aliphatic carbocycles. The third-order valence-electron chi connectivity index (χ3n) is 4.16. The van der Waals surface area contributed by atoms with Crippen molar-refractivity contribution in [3.8, 4) is 0 Å². The second kappa shape index (κ2) is 7.77. The molecule has 0 radical (unpaired) electrons. The summed E-state index contributed by atoms with van der Waals surface area (Å²) in [5.74, 6) is -2.84. The van der Waals surface area contributed by atoms with E-state index in [4.69, 9.17) is 9.84 Å². The van der Waals surface area contributed by atoms with Crippen LogP contribution in [-0.4, -0.2) is 22.6 Å². The van der Waals surface area contributed by atoms with Crippen LogP contribution in [0.3, 0.4) is 0 Å². The number of carbonyl (C=O) groups excluding carboxylic acids is 1. The largest absolute Gasteiger partial charge is 0.473 e. The highest BCUT2D eigenvalue weighted by atomic mass is 16.6. The Hall–Kier alpha value is -2.62. The van der Waals surface area contributed by atoms with Crippen molar-refractivity contribution in [2.45, 2.75) is 32.3 Å². The number of rotatable bonds is 6. The van der Waals surface area contributed by atoms with E-state index >= 15 is 0 Å². The maximum atomic E-state index is 11.5. The lowest BCUT2D eigenvalue weighted by molar-refractivity contribution is -0.176. The molecule has 2 aromatic carbocycles. The number of hydrogen-bond acceptors (Lipinski definition) is 3. The molecule has 0 atom stereocenters. The number of ether oxygens (including phenoxy) is 1. The number of carboxylic acid groups (broad SMARTS) is 1. The van der Waals surface area contributed by atoms with E-state index in [9.17, 15) is 9.59 Å². The Bertz CT molecular complexity index is 636. The molecule has 24 heavy (non-hydrogen) atoms. The van der Waals surface area contributed by atoms with Crippen molar-refractivity contribution < 1.29 is 19.4 Å². The monoisotopic (exact) mass is 326 g/mol. The predicted octanol–water partition coefficient (Wildman–Crippen LogP) is 3.49. The number of benzene rings is 2. The molecule has 1 N–H and O–H groups in total. The number of carbonyl (C=O) groups is 2. The van der Waals surface area contributed by atoms with Gasteiger partial charge in [-0.15, -0.1) is 0 Å². The van der Waals surface area contributed by atoms with Crippen molar-refractivity contribution in [1.29, 1.82) is 0 Å². The Balaban J connectivity index is 2.23. The molecule has 0 heterocycles. The molecule has 2 aromatic rings. The molecule has 2 rings (SSSR count). The molecular weight excluding hydrogens is 304 g/mol. The Kier molecular flexibility index (Phi) is 5.74. The van der Waals surface area contributed by atoms with E-state index < -0.39 is 17.5 Å². The van der Waals surface area contributed by atoms with Gasteiger partial charge in [-0.1, -0.05) is 60.7 Å². The minimum atomic E-state index is -1.57. The van der Waals surface area contributed by atoms with Crippen molar-refractivity contribution in [3.63, 3.8) is 0 Å². The van der Waals surface area contributed by atoms with Gasteiger partial charge < -0.3 is 9.84 Å². The van der Waals surface area contributed by atoms with Gasteiger partial charge in [0, 0.05) is 5.92 Å². The zero-order chi connectivity index (χ0) is 17.6. The van der Waals surface area contributed by atoms with Crippen LogP contribution in [0.25, 0.3) is 0 Å². The zero-order valence-electron chi connectivity index (χ0n) is 13.9. The number of esters is 1. The average molecular weight is 326 g/mol. The van der Waals surface area contributed by atoms with Crippen LogP contribution in [-0.2, 0) is 27.2 Å². The minimum absolute atomic E-state index is 0.0504. The molecule has 4 heteroatoms. The third kappa shape index (κ3) is 4.95. The summed E-state index contributed by atoms with van der Waals surface area (Å²) in [7, 11) is 0. The number of carboxylic acids is 1. The Labute approximate surface area is 142 Å². The number of hydrogen-bond donors (Lipinski definition) is 1. The second-order valence-electron chi connectivity index (χ2n) is 6.37. The van der Waals surface area contributed by atoms with Crippen molar-refractivity contribution in [2.24, 2.45) is 5.92 Å². The second-order valence-corrected chi connectivity index (χ2v) is 6.37. The Morgan fingerprint density at radius 2 is 1.33 bits per heavy atom. The van der Waals surface area contributed by atoms with Crippen LogP contribution in [0.5, 0.6) is 0 Å². The average Bonchev–Trinajstić information content (AvgIpc) is 2.55. The summed E-state index contributed by atoms with van der Waals surface area (Å²) in [6, 6.07) is 19.8. The highest BCUT2D eigenvalue weighted by Crippen LogP contribution is 2.29. The SMILES string of the molecule is CC(C)(OC(=O)C(=O)O)C(Cc1ccccc1)Cc1ccccc1. The fraction of sp³-hybridized carbons (Fsp3) is 0.300. The molecule has 0 amide bonds. The molecule has 126 valence electrons. The van der Waals surface area contributed by atoms with Crippen LogP contribution >= 0.6 is 0 Å². The molecule has 0 spiro atoms. The highest BCUT2D eigenvalue weighted by Gasteiger charge is 2.35. The van der Waals surface area contributed by atoms with Crippen molar-refractivity contribution in [3.05, 3.63) is 71.8 Å². The first-order valence-electron chi connectivity index (χ1n) is 7.92. The molecule has 0 aliphatic rings. The molecule has 4 nitrogen and oxygen atoms in total. The lowest BCUT2D eigenvalue weighted by atomic mass is 9.81. The van der Waals surface area contributed by atoms with E-state index in [0.717, 1.165) is 11.1 Å². The van der Waals surface area contributed by atoms with Gasteiger partial charge in [-0.25, -0.2) is 9.59 Å². The summed E-state index contributed by atoms with van der Waals surface area (Å²) in [6.07, 6.45) is 1.38. The van der Waals surface area contributed by atoms with Crippen LogP contribution in [0.15, 0.2) is 60.7 Å². The van der Waals surface area contributed by atoms with Gasteiger partial charge in [-0.2, -0.15) is 0 Å². The molecular formula is C20H22O4. The van der Waals surface area contributed by atoms with Gasteiger partial charge in [-0.3, -0.25) is 0 Å². The van der Waals surface area contributed by atoms with Gasteiger partial charge in [0.05, 0.1) is 0 Å². The molecule has 0 aromatic heterocycles. The standard InChI is InChI=1S/C20H22O4/c1-20(2,24-19(23)18(21)22)17(13-15-9-5-3-6-10-15)14-16-11-7-4-8-12-16/h3-12,17H,13-14H2,1-2H3,(H,21,22). The van der Waals surface area contributed by atoms with Crippen LogP contribution in [0, 0.1) is 5.92 Å². The van der Waals surface area contributed by atoms with E-state index in [1.54, 1.807) is 13.8 Å². The van der Waals surface area contributed by atoms with E-state index in [2.05, 4.69) is 0 Å². The van der Waals surface area contributed by atoms with Gasteiger partial charge in [0.1, 0.15) is 5.60 Å². The Morgan fingerprint density at radius 1 is 0.917 bits per heavy atom. The fourth-order valence-electron chi connectivity index (χ4n) is 2.73. The summed E-state index contributed by atoms with van der Waals surface area (Å²) in [6.45, 7) is 3.54. The van der Waals surface area contributed by atoms with Gasteiger partial charge in [0.2, 0.25) is 0 Å². The summed E-state index contributed by atoms with van der Waals surface area (Å²) >= 11 is 0. The molecule has 0 bridgehead atoms. The lowest BCUT2D eigenvalue weighted by Crippen LogP contribution is -2.41. The van der Waals surface area contributed by atoms with Crippen LogP contribution in [0.4, 0.5) is 0 Å². The van der Waals surface area contributed by atoms with Gasteiger partial charge in [0.15, 0.2) is 0 Å². The van der Waals surface area contributed by atoms with Crippen molar-refractivity contribution >= 4 is 11.9 Å². The highest BCUT2D eigenvalue weighted by molar-refractivity contribution is 6.28. The van der Waals surface area contributed by atoms with Crippen molar-refractivity contribution in [2.75, 3.05) is 0 Å². The Morgan fingerprint density at radius 3 is 1.71 bits per heavy atom. The molecule has 0 unspecified atom stereocenters. The maximum Gasteiger partial charge on any atom is 0.417 e. The van der Waals surface area contributed by atoms with E-state index in [-0.39, 0.29) is 5.92 Å². The van der Waals surface area contributed by atoms with E-state index in [0.29, 0.717) is 12.8 Å². The molecule has 0 saturated carbocycles. The smallest absolute Gasteiger partial charge is 0.417 e. The van der Waals surface area contributed by atoms with Gasteiger partial charge >= 0.3 is 11.9 Å². The first-order valence-corrected chi connectivity index (χ1v) is 7.92. The van der Waals surface area contributed by atoms with Gasteiger partial charge in [-0.05, 0) is 37.8 Å². The predicted molar refractivity (Wildman–Crippen MR) is 91.6 cm³/mol.